The molecule has 1 heterocycles. The fourth-order valence-corrected chi connectivity index (χ4v) is 3.31. The lowest BCUT2D eigenvalue weighted by molar-refractivity contribution is 1.45. The average molecular weight is 130 g/mol. The molecular weight excluding hydrogens is 122 g/mol. The second-order valence-corrected chi connectivity index (χ2v) is 4.61. The first-order valence-corrected chi connectivity index (χ1v) is 5.08. The maximum Gasteiger partial charge on any atom is -0.0269 e. The number of rotatable bonds is 0. The van der Waals surface area contributed by atoms with Crippen molar-refractivity contribution in [3.63, 3.8) is 0 Å². The van der Waals surface area contributed by atoms with Crippen LogP contribution in [0.15, 0.2) is 5.80 Å². The Labute approximate surface area is 47.0 Å². The van der Waals surface area contributed by atoms with Crippen LogP contribution in [0.4, 0.5) is 0 Å². The Morgan fingerprint density at radius 1 is 1.57 bits per heavy atom. The van der Waals surface area contributed by atoms with E-state index in [1.54, 1.807) is 5.30 Å². The van der Waals surface area contributed by atoms with E-state index in [1.165, 1.54) is 13.4 Å². The van der Waals surface area contributed by atoms with Crippen LogP contribution in [0.5, 0.6) is 0 Å². The van der Waals surface area contributed by atoms with E-state index >= 15 is 0 Å². The molecule has 0 radical (unpaired) electrons. The summed E-state index contributed by atoms with van der Waals surface area (Å²) in [5.74, 6) is 2.29. The molecule has 7 heavy (non-hydrogen) atoms. The molecule has 38 valence electrons. The molecule has 1 atom stereocenters. The van der Waals surface area contributed by atoms with E-state index in [0.717, 1.165) is 7.87 Å². The molecule has 0 aliphatic heterocycles. The Morgan fingerprint density at radius 2 is 2.29 bits per heavy atom. The van der Waals surface area contributed by atoms with Crippen molar-refractivity contribution < 1.29 is 0 Å². The van der Waals surface area contributed by atoms with Gasteiger partial charge < -0.3 is 0 Å². The van der Waals surface area contributed by atoms with E-state index in [9.17, 15) is 0 Å². The predicted molar refractivity (Wildman–Crippen MR) is 37.9 cm³/mol. The van der Waals surface area contributed by atoms with Gasteiger partial charge in [0, 0.05) is 0 Å². The first-order chi connectivity index (χ1) is 3.30. The van der Waals surface area contributed by atoms with Crippen LogP contribution in [0.1, 0.15) is 10.9 Å². The summed E-state index contributed by atoms with van der Waals surface area (Å²) in [6.07, 6.45) is 0. The van der Waals surface area contributed by atoms with Gasteiger partial charge in [-0.05, 0) is 30.5 Å². The highest BCUT2D eigenvalue weighted by atomic mass is 31.8. The summed E-state index contributed by atoms with van der Waals surface area (Å²) in [6.45, 7) is 4.40. The average Bonchev–Trinajstić information content (AvgIpc) is 1.91. The maximum absolute atomic E-state index is 2.29. The fourth-order valence-electron chi connectivity index (χ4n) is 0.411. The molecule has 0 amide bonds. The van der Waals surface area contributed by atoms with Crippen LogP contribution in [-0.2, 0) is 0 Å². The Balaban J connectivity index is 3.12. The topological polar surface area (TPSA) is 0 Å². The predicted octanol–water partition coefficient (Wildman–Crippen LogP) is 2.91. The summed E-state index contributed by atoms with van der Waals surface area (Å²) in [7, 11) is 2.57. The van der Waals surface area contributed by atoms with E-state index in [0.29, 0.717) is 0 Å². The molecule has 1 aromatic rings. The van der Waals surface area contributed by atoms with E-state index in [1.807, 2.05) is 0 Å². The van der Waals surface area contributed by atoms with Gasteiger partial charge in [-0.1, -0.05) is 7.87 Å². The second-order valence-electron chi connectivity index (χ2n) is 1.68. The van der Waals surface area contributed by atoms with Gasteiger partial charge in [-0.15, -0.1) is 7.87 Å². The monoisotopic (exact) mass is 130 g/mol. The van der Waals surface area contributed by atoms with Crippen molar-refractivity contribution in [1.29, 1.82) is 0 Å². The minimum absolute atomic E-state index is 1.06. The molecule has 1 aromatic heterocycles. The summed E-state index contributed by atoms with van der Waals surface area (Å²) in [4.78, 5) is 0. The molecular formula is C5H8P2. The summed E-state index contributed by atoms with van der Waals surface area (Å²) in [5.41, 5.74) is 1.50. The van der Waals surface area contributed by atoms with Gasteiger partial charge in [0.2, 0.25) is 0 Å². The van der Waals surface area contributed by atoms with E-state index in [4.69, 9.17) is 0 Å². The third-order valence-electron chi connectivity index (χ3n) is 1.08. The molecule has 1 unspecified atom stereocenters. The van der Waals surface area contributed by atoms with Crippen LogP contribution >= 0.6 is 15.7 Å². The lowest BCUT2D eigenvalue weighted by Gasteiger charge is -1.80. The van der Waals surface area contributed by atoms with Crippen molar-refractivity contribution in [2.75, 3.05) is 0 Å². The highest BCUT2D eigenvalue weighted by Gasteiger charge is 1.86. The molecule has 0 nitrogen and oxygen atoms in total. The molecule has 0 spiro atoms. The molecule has 0 fully saturated rings. The van der Waals surface area contributed by atoms with E-state index in [2.05, 4.69) is 19.6 Å². The van der Waals surface area contributed by atoms with Crippen LogP contribution in [-0.4, -0.2) is 0 Å². The van der Waals surface area contributed by atoms with Gasteiger partial charge in [0.05, 0.1) is 0 Å². The highest BCUT2D eigenvalue weighted by molar-refractivity contribution is 7.90. The summed E-state index contributed by atoms with van der Waals surface area (Å²) in [6, 6.07) is 0. The maximum atomic E-state index is 2.29. The zero-order chi connectivity index (χ0) is 5.28. The fraction of sp³-hybridized carbons (Fsp3) is 0.400. The molecule has 1 rings (SSSR count). The van der Waals surface area contributed by atoms with Gasteiger partial charge in [0.15, 0.2) is 0 Å². The van der Waals surface area contributed by atoms with Crippen molar-refractivity contribution in [3.8, 4) is 0 Å². The Bertz CT molecular complexity index is 138. The van der Waals surface area contributed by atoms with Crippen molar-refractivity contribution in [3.05, 3.63) is 16.7 Å². The SMILES string of the molecule is Cc1cp[pH]c1C. The summed E-state index contributed by atoms with van der Waals surface area (Å²) >= 11 is 0. The number of aryl methyl sites for hydroxylation is 2. The van der Waals surface area contributed by atoms with Crippen molar-refractivity contribution in [1.82, 2.24) is 0 Å². The highest BCUT2D eigenvalue weighted by Crippen LogP contribution is 2.29. The standard InChI is InChI=1S/C5H8P2/c1-4-3-6-7-5(4)2/h3,7H,1-2H3. The Morgan fingerprint density at radius 3 is 2.43 bits per heavy atom. The van der Waals surface area contributed by atoms with Gasteiger partial charge >= 0.3 is 0 Å². The third kappa shape index (κ3) is 1.06. The number of hydrogen-bond acceptors (Lipinski definition) is 0. The summed E-state index contributed by atoms with van der Waals surface area (Å²) < 4.78 is 0. The summed E-state index contributed by atoms with van der Waals surface area (Å²) in [5, 5.41) is 1.58. The lowest BCUT2D eigenvalue weighted by atomic mass is 10.4. The van der Waals surface area contributed by atoms with Gasteiger partial charge in [0.25, 0.3) is 0 Å². The molecule has 0 aliphatic rings. The Hall–Kier alpha value is 0.210. The largest absolute Gasteiger partial charge is 0.107 e. The van der Waals surface area contributed by atoms with Crippen molar-refractivity contribution in [2.45, 2.75) is 13.8 Å². The van der Waals surface area contributed by atoms with Crippen LogP contribution in [0.3, 0.4) is 0 Å². The molecule has 0 aliphatic carbocycles. The quantitative estimate of drug-likeness (QED) is 0.506. The minimum Gasteiger partial charge on any atom is -0.107 e. The zero-order valence-corrected chi connectivity index (χ0v) is 6.42. The van der Waals surface area contributed by atoms with Crippen LogP contribution in [0, 0.1) is 13.8 Å². The number of hydrogen-bond donors (Lipinski definition) is 0. The zero-order valence-electron chi connectivity index (χ0n) is 4.52. The van der Waals surface area contributed by atoms with E-state index < -0.39 is 0 Å². The van der Waals surface area contributed by atoms with Crippen LogP contribution in [0.2, 0.25) is 0 Å². The van der Waals surface area contributed by atoms with Gasteiger partial charge in [-0.2, -0.15) is 0 Å². The molecule has 0 N–H and O–H groups in total. The molecule has 0 bridgehead atoms. The Kier molecular flexibility index (Phi) is 1.52. The van der Waals surface area contributed by atoms with Crippen LogP contribution in [0.25, 0.3) is 0 Å². The first kappa shape index (κ1) is 5.35. The first-order valence-electron chi connectivity index (χ1n) is 2.27. The van der Waals surface area contributed by atoms with Crippen LogP contribution < -0.4 is 0 Å². The second kappa shape index (κ2) is 1.99. The van der Waals surface area contributed by atoms with Gasteiger partial charge in [0.1, 0.15) is 0 Å². The van der Waals surface area contributed by atoms with E-state index in [-0.39, 0.29) is 0 Å². The molecule has 0 saturated heterocycles. The van der Waals surface area contributed by atoms with Gasteiger partial charge in [-0.3, -0.25) is 0 Å². The van der Waals surface area contributed by atoms with Gasteiger partial charge in [-0.25, -0.2) is 0 Å². The molecule has 2 heteroatoms. The smallest absolute Gasteiger partial charge is 0.0269 e. The molecule has 0 saturated carbocycles. The third-order valence-corrected chi connectivity index (χ3v) is 4.24. The lowest BCUT2D eigenvalue weighted by Crippen LogP contribution is -1.60. The van der Waals surface area contributed by atoms with Crippen molar-refractivity contribution in [2.24, 2.45) is 0 Å². The minimum atomic E-state index is 1.06. The van der Waals surface area contributed by atoms with Crippen molar-refractivity contribution >= 4 is 15.7 Å². The normalized spacial score (nSPS) is 11.7. The molecule has 0 aromatic carbocycles.